The van der Waals surface area contributed by atoms with Crippen LogP contribution in [-0.4, -0.2) is 37.2 Å². The van der Waals surface area contributed by atoms with Crippen LogP contribution in [0.2, 0.25) is 0 Å². The molecule has 0 saturated carbocycles. The Morgan fingerprint density at radius 3 is 2.42 bits per heavy atom. The molecule has 8 nitrogen and oxygen atoms in total. The molecule has 0 spiro atoms. The van der Waals surface area contributed by atoms with Crippen molar-refractivity contribution in [3.8, 4) is 5.75 Å². The zero-order chi connectivity index (χ0) is 28.2. The SMILES string of the molecule is CC[C@@H](c1nnnn1Cc1ccc(OC)cc1)N(Cc1ccc(F)cc1)Cc1cc2cc(C)cc(C)c2[nH]c1=O. The number of ether oxygens (including phenoxy) is 1. The van der Waals surface area contributed by atoms with E-state index in [0.29, 0.717) is 37.4 Å². The Kier molecular flexibility index (Phi) is 8.02. The highest BCUT2D eigenvalue weighted by Gasteiger charge is 2.26. The maximum Gasteiger partial charge on any atom is 0.252 e. The standard InChI is InChI=1S/C31H33FN6O2/c1-5-28(30-34-35-36-38(30)18-23-8-12-27(40-4)13-9-23)37(17-22-6-10-26(32)11-7-22)19-25-16-24-15-20(2)14-21(3)29(24)33-31(25)39/h6-16,28H,5,17-19H2,1-4H3,(H,33,39)/t28-/m0/s1. The van der Waals surface area contributed by atoms with E-state index in [1.807, 2.05) is 44.2 Å². The summed E-state index contributed by atoms with van der Waals surface area (Å²) in [6, 6.07) is 20.2. The third-order valence-corrected chi connectivity index (χ3v) is 7.22. The van der Waals surface area contributed by atoms with E-state index >= 15 is 0 Å². The number of fused-ring (bicyclic) bond motifs is 1. The number of tetrazole rings is 1. The molecule has 0 unspecified atom stereocenters. The number of nitrogens with one attached hydrogen (secondary N) is 1. The molecule has 5 rings (SSSR count). The molecule has 0 fully saturated rings. The van der Waals surface area contributed by atoms with Gasteiger partial charge in [0.25, 0.3) is 5.56 Å². The molecule has 0 radical (unpaired) electrons. The predicted octanol–water partition coefficient (Wildman–Crippen LogP) is 5.48. The Morgan fingerprint density at radius 2 is 1.73 bits per heavy atom. The molecule has 5 aromatic rings. The Hall–Kier alpha value is -4.37. The highest BCUT2D eigenvalue weighted by molar-refractivity contribution is 5.82. The largest absolute Gasteiger partial charge is 0.497 e. The molecule has 206 valence electrons. The number of halogens is 1. The van der Waals surface area contributed by atoms with Gasteiger partial charge in [0.05, 0.1) is 25.2 Å². The minimum absolute atomic E-state index is 0.128. The van der Waals surface area contributed by atoms with Gasteiger partial charge < -0.3 is 9.72 Å². The van der Waals surface area contributed by atoms with E-state index in [0.717, 1.165) is 38.9 Å². The first-order chi connectivity index (χ1) is 19.3. The summed E-state index contributed by atoms with van der Waals surface area (Å²) in [6.45, 7) is 7.46. The summed E-state index contributed by atoms with van der Waals surface area (Å²) in [5, 5.41) is 13.7. The lowest BCUT2D eigenvalue weighted by atomic mass is 10.0. The highest BCUT2D eigenvalue weighted by Crippen LogP contribution is 2.28. The minimum atomic E-state index is -0.289. The molecule has 0 bridgehead atoms. The molecule has 40 heavy (non-hydrogen) atoms. The maximum absolute atomic E-state index is 13.7. The first-order valence-corrected chi connectivity index (χ1v) is 13.3. The normalized spacial score (nSPS) is 12.2. The molecule has 1 atom stereocenters. The smallest absolute Gasteiger partial charge is 0.252 e. The molecule has 9 heteroatoms. The second-order valence-electron chi connectivity index (χ2n) is 10.2. The summed E-state index contributed by atoms with van der Waals surface area (Å²) in [4.78, 5) is 18.5. The van der Waals surface area contributed by atoms with Gasteiger partial charge >= 0.3 is 0 Å². The molecule has 3 aromatic carbocycles. The summed E-state index contributed by atoms with van der Waals surface area (Å²) in [5.74, 6) is 1.19. The van der Waals surface area contributed by atoms with Gasteiger partial charge in [0, 0.05) is 18.7 Å². The third-order valence-electron chi connectivity index (χ3n) is 7.22. The summed E-state index contributed by atoms with van der Waals surface area (Å²) in [7, 11) is 1.64. The van der Waals surface area contributed by atoms with Gasteiger partial charge in [-0.1, -0.05) is 42.8 Å². The third kappa shape index (κ3) is 5.94. The van der Waals surface area contributed by atoms with E-state index in [1.165, 1.54) is 12.1 Å². The van der Waals surface area contributed by atoms with E-state index in [-0.39, 0.29) is 17.4 Å². The summed E-state index contributed by atoms with van der Waals surface area (Å²) in [5.41, 5.74) is 5.49. The fraction of sp³-hybridized carbons (Fsp3) is 0.290. The Bertz CT molecular complexity index is 1660. The number of H-pyrrole nitrogens is 1. The van der Waals surface area contributed by atoms with Crippen LogP contribution in [0.15, 0.2) is 71.5 Å². The van der Waals surface area contributed by atoms with Crippen molar-refractivity contribution in [3.63, 3.8) is 0 Å². The van der Waals surface area contributed by atoms with Crippen molar-refractivity contribution in [1.29, 1.82) is 0 Å². The Labute approximate surface area is 232 Å². The van der Waals surface area contributed by atoms with Gasteiger partial charge in [0.2, 0.25) is 0 Å². The molecule has 1 N–H and O–H groups in total. The molecule has 2 heterocycles. The number of hydrogen-bond acceptors (Lipinski definition) is 6. The number of pyridine rings is 1. The molecule has 0 amide bonds. The fourth-order valence-corrected chi connectivity index (χ4v) is 5.24. The number of aromatic amines is 1. The van der Waals surface area contributed by atoms with Gasteiger partial charge in [-0.2, -0.15) is 0 Å². The number of benzene rings is 3. The van der Waals surface area contributed by atoms with Gasteiger partial charge in [-0.05, 0) is 89.2 Å². The van der Waals surface area contributed by atoms with Crippen LogP contribution in [-0.2, 0) is 19.6 Å². The van der Waals surface area contributed by atoms with Crippen LogP contribution in [0.1, 0.15) is 53.0 Å². The van der Waals surface area contributed by atoms with Crippen molar-refractivity contribution in [3.05, 3.63) is 117 Å². The van der Waals surface area contributed by atoms with E-state index in [2.05, 4.69) is 44.5 Å². The molecule has 0 aliphatic carbocycles. The molecule has 0 aliphatic rings. The van der Waals surface area contributed by atoms with Gasteiger partial charge in [0.1, 0.15) is 11.6 Å². The van der Waals surface area contributed by atoms with Crippen molar-refractivity contribution in [2.24, 2.45) is 0 Å². The van der Waals surface area contributed by atoms with E-state index < -0.39 is 0 Å². The van der Waals surface area contributed by atoms with Crippen LogP contribution < -0.4 is 10.3 Å². The van der Waals surface area contributed by atoms with Gasteiger partial charge in [-0.15, -0.1) is 5.10 Å². The number of aromatic nitrogens is 5. The summed E-state index contributed by atoms with van der Waals surface area (Å²) >= 11 is 0. The zero-order valence-corrected chi connectivity index (χ0v) is 23.2. The lowest BCUT2D eigenvalue weighted by Crippen LogP contribution is -2.32. The lowest BCUT2D eigenvalue weighted by Gasteiger charge is -2.30. The molecule has 2 aromatic heterocycles. The quantitative estimate of drug-likeness (QED) is 0.252. The summed E-state index contributed by atoms with van der Waals surface area (Å²) < 4.78 is 20.8. The molecular formula is C31H33FN6O2. The van der Waals surface area contributed by atoms with Crippen LogP contribution >= 0.6 is 0 Å². The lowest BCUT2D eigenvalue weighted by molar-refractivity contribution is 0.161. The second kappa shape index (κ2) is 11.8. The average Bonchev–Trinajstić information content (AvgIpc) is 3.39. The van der Waals surface area contributed by atoms with Crippen LogP contribution in [0, 0.1) is 19.7 Å². The first-order valence-electron chi connectivity index (χ1n) is 13.3. The number of rotatable bonds is 10. The molecule has 0 aliphatic heterocycles. The van der Waals surface area contributed by atoms with Gasteiger partial charge in [0.15, 0.2) is 5.82 Å². The van der Waals surface area contributed by atoms with Crippen molar-refractivity contribution < 1.29 is 9.13 Å². The maximum atomic E-state index is 13.7. The molecular weight excluding hydrogens is 507 g/mol. The Morgan fingerprint density at radius 1 is 1.00 bits per heavy atom. The van der Waals surface area contributed by atoms with Crippen molar-refractivity contribution in [1.82, 2.24) is 30.1 Å². The van der Waals surface area contributed by atoms with Gasteiger partial charge in [-0.25, -0.2) is 9.07 Å². The number of methoxy groups -OCH3 is 1. The first kappa shape index (κ1) is 27.2. The van der Waals surface area contributed by atoms with E-state index in [9.17, 15) is 9.18 Å². The highest BCUT2D eigenvalue weighted by atomic mass is 19.1. The predicted molar refractivity (Wildman–Crippen MR) is 153 cm³/mol. The van der Waals surface area contributed by atoms with Crippen LogP contribution in [0.4, 0.5) is 4.39 Å². The fourth-order valence-electron chi connectivity index (χ4n) is 5.24. The second-order valence-corrected chi connectivity index (χ2v) is 10.2. The minimum Gasteiger partial charge on any atom is -0.497 e. The van der Waals surface area contributed by atoms with Gasteiger partial charge in [-0.3, -0.25) is 9.69 Å². The van der Waals surface area contributed by atoms with Crippen molar-refractivity contribution in [2.75, 3.05) is 7.11 Å². The van der Waals surface area contributed by atoms with Crippen LogP contribution in [0.25, 0.3) is 10.9 Å². The number of aryl methyl sites for hydroxylation is 2. The van der Waals surface area contributed by atoms with Crippen molar-refractivity contribution >= 4 is 10.9 Å². The number of hydrogen-bond donors (Lipinski definition) is 1. The number of nitrogens with zero attached hydrogens (tertiary/aromatic N) is 5. The van der Waals surface area contributed by atoms with Crippen molar-refractivity contribution in [2.45, 2.75) is 52.9 Å². The Balaban J connectivity index is 1.52. The zero-order valence-electron chi connectivity index (χ0n) is 23.2. The topological polar surface area (TPSA) is 88.9 Å². The average molecular weight is 541 g/mol. The van der Waals surface area contributed by atoms with Crippen LogP contribution in [0.5, 0.6) is 5.75 Å². The van der Waals surface area contributed by atoms with E-state index in [1.54, 1.807) is 23.9 Å². The molecule has 0 saturated heterocycles. The monoisotopic (exact) mass is 540 g/mol. The van der Waals surface area contributed by atoms with E-state index in [4.69, 9.17) is 4.74 Å². The van der Waals surface area contributed by atoms with Crippen LogP contribution in [0.3, 0.4) is 0 Å². The summed E-state index contributed by atoms with van der Waals surface area (Å²) in [6.07, 6.45) is 0.702.